The third-order valence-electron chi connectivity index (χ3n) is 4.14. The lowest BCUT2D eigenvalue weighted by Crippen LogP contribution is -2.44. The largest absolute Gasteiger partial charge is 0.381 e. The van der Waals surface area contributed by atoms with Crippen LogP contribution in [0.4, 0.5) is 0 Å². The molecule has 0 saturated carbocycles. The summed E-state index contributed by atoms with van der Waals surface area (Å²) in [5, 5.41) is 0. The average molecular weight is 243 g/mol. The molecule has 1 heterocycles. The Hall–Kier alpha value is -0.120. The van der Waals surface area contributed by atoms with Gasteiger partial charge in [0.15, 0.2) is 0 Å². The lowest BCUT2D eigenvalue weighted by atomic mass is 9.90. The van der Waals surface area contributed by atoms with Crippen LogP contribution in [-0.2, 0) is 9.47 Å². The Morgan fingerprint density at radius 3 is 2.53 bits per heavy atom. The van der Waals surface area contributed by atoms with Gasteiger partial charge in [-0.3, -0.25) is 0 Å². The highest BCUT2D eigenvalue weighted by atomic mass is 16.5. The maximum absolute atomic E-state index is 6.14. The minimum absolute atomic E-state index is 0.141. The summed E-state index contributed by atoms with van der Waals surface area (Å²) in [6, 6.07) is 0.141. The van der Waals surface area contributed by atoms with E-state index >= 15 is 0 Å². The summed E-state index contributed by atoms with van der Waals surface area (Å²) in [6.07, 6.45) is 7.39. The molecular weight excluding hydrogens is 214 g/mol. The van der Waals surface area contributed by atoms with Crippen LogP contribution in [0.25, 0.3) is 0 Å². The number of unbranched alkanes of at least 4 members (excludes halogenated alkanes) is 1. The van der Waals surface area contributed by atoms with Gasteiger partial charge in [-0.2, -0.15) is 0 Å². The monoisotopic (exact) mass is 243 g/mol. The second kappa shape index (κ2) is 7.34. The molecule has 0 spiro atoms. The van der Waals surface area contributed by atoms with Gasteiger partial charge in [0.25, 0.3) is 0 Å². The fourth-order valence-corrected chi connectivity index (χ4v) is 2.33. The molecule has 1 rings (SSSR count). The standard InChI is InChI=1S/C14H29NO2/c1-14(2,16-3)13(15)7-5-4-6-12-8-10-17-11-9-12/h12-13H,4-11,15H2,1-3H3. The van der Waals surface area contributed by atoms with Gasteiger partial charge in [-0.1, -0.05) is 19.3 Å². The van der Waals surface area contributed by atoms with Crippen LogP contribution >= 0.6 is 0 Å². The number of ether oxygens (including phenoxy) is 2. The molecule has 0 amide bonds. The van der Waals surface area contributed by atoms with Gasteiger partial charge in [0, 0.05) is 26.4 Å². The van der Waals surface area contributed by atoms with Crippen molar-refractivity contribution in [3.05, 3.63) is 0 Å². The van der Waals surface area contributed by atoms with E-state index in [1.807, 2.05) is 0 Å². The van der Waals surface area contributed by atoms with Crippen LogP contribution in [0.15, 0.2) is 0 Å². The van der Waals surface area contributed by atoms with Crippen molar-refractivity contribution in [1.29, 1.82) is 0 Å². The van der Waals surface area contributed by atoms with Crippen molar-refractivity contribution < 1.29 is 9.47 Å². The molecule has 0 aromatic rings. The molecule has 0 aromatic heterocycles. The summed E-state index contributed by atoms with van der Waals surface area (Å²) in [5.74, 6) is 0.885. The fraction of sp³-hybridized carbons (Fsp3) is 1.00. The van der Waals surface area contributed by atoms with Gasteiger partial charge in [0.05, 0.1) is 5.60 Å². The number of nitrogens with two attached hydrogens (primary N) is 1. The Bertz CT molecular complexity index is 200. The first-order chi connectivity index (χ1) is 8.06. The maximum Gasteiger partial charge on any atom is 0.0772 e. The van der Waals surface area contributed by atoms with E-state index in [1.165, 1.54) is 32.1 Å². The summed E-state index contributed by atoms with van der Waals surface area (Å²) >= 11 is 0. The van der Waals surface area contributed by atoms with Crippen LogP contribution in [0, 0.1) is 5.92 Å². The first-order valence-corrected chi connectivity index (χ1v) is 6.94. The Morgan fingerprint density at radius 1 is 1.29 bits per heavy atom. The SMILES string of the molecule is COC(C)(C)C(N)CCCCC1CCOCC1. The lowest BCUT2D eigenvalue weighted by Gasteiger charge is -2.30. The molecule has 0 aliphatic carbocycles. The molecule has 1 fully saturated rings. The number of methoxy groups -OCH3 is 1. The lowest BCUT2D eigenvalue weighted by molar-refractivity contribution is -0.00221. The molecular formula is C14H29NO2. The van der Waals surface area contributed by atoms with Crippen LogP contribution < -0.4 is 5.73 Å². The molecule has 1 saturated heterocycles. The predicted octanol–water partition coefficient (Wildman–Crippen LogP) is 2.73. The van der Waals surface area contributed by atoms with Crippen molar-refractivity contribution >= 4 is 0 Å². The zero-order valence-electron chi connectivity index (χ0n) is 11.7. The summed E-state index contributed by atoms with van der Waals surface area (Å²) in [6.45, 7) is 6.05. The van der Waals surface area contributed by atoms with E-state index in [0.29, 0.717) is 0 Å². The molecule has 1 atom stereocenters. The van der Waals surface area contributed by atoms with E-state index < -0.39 is 0 Å². The van der Waals surface area contributed by atoms with Gasteiger partial charge in [-0.15, -0.1) is 0 Å². The molecule has 3 heteroatoms. The third kappa shape index (κ3) is 5.36. The van der Waals surface area contributed by atoms with E-state index in [2.05, 4.69) is 13.8 Å². The van der Waals surface area contributed by atoms with Gasteiger partial charge in [-0.05, 0) is 39.0 Å². The zero-order chi connectivity index (χ0) is 12.7. The van der Waals surface area contributed by atoms with Crippen molar-refractivity contribution in [3.8, 4) is 0 Å². The molecule has 17 heavy (non-hydrogen) atoms. The minimum Gasteiger partial charge on any atom is -0.381 e. The Labute approximate surface area is 106 Å². The summed E-state index contributed by atoms with van der Waals surface area (Å²) in [4.78, 5) is 0. The normalized spacial score (nSPS) is 20.5. The zero-order valence-corrected chi connectivity index (χ0v) is 11.7. The quantitative estimate of drug-likeness (QED) is 0.699. The first-order valence-electron chi connectivity index (χ1n) is 6.94. The van der Waals surface area contributed by atoms with Gasteiger partial charge in [0.2, 0.25) is 0 Å². The molecule has 0 aromatic carbocycles. The number of rotatable bonds is 7. The molecule has 2 N–H and O–H groups in total. The topological polar surface area (TPSA) is 44.5 Å². The van der Waals surface area contributed by atoms with Crippen LogP contribution in [0.5, 0.6) is 0 Å². The van der Waals surface area contributed by atoms with Crippen LogP contribution in [0.3, 0.4) is 0 Å². The van der Waals surface area contributed by atoms with E-state index in [-0.39, 0.29) is 11.6 Å². The highest BCUT2D eigenvalue weighted by Crippen LogP contribution is 2.23. The predicted molar refractivity (Wildman–Crippen MR) is 71.1 cm³/mol. The van der Waals surface area contributed by atoms with Crippen LogP contribution in [-0.4, -0.2) is 32.0 Å². The highest BCUT2D eigenvalue weighted by molar-refractivity contribution is 4.82. The first kappa shape index (κ1) is 14.9. The molecule has 1 aliphatic heterocycles. The Morgan fingerprint density at radius 2 is 1.94 bits per heavy atom. The van der Waals surface area contributed by atoms with Crippen molar-refractivity contribution in [2.45, 2.75) is 64.0 Å². The fourth-order valence-electron chi connectivity index (χ4n) is 2.33. The summed E-state index contributed by atoms with van der Waals surface area (Å²) in [5.41, 5.74) is 5.94. The minimum atomic E-state index is -0.196. The molecule has 3 nitrogen and oxygen atoms in total. The molecule has 102 valence electrons. The van der Waals surface area contributed by atoms with Gasteiger partial charge >= 0.3 is 0 Å². The Kier molecular flexibility index (Phi) is 6.45. The van der Waals surface area contributed by atoms with Crippen molar-refractivity contribution in [3.63, 3.8) is 0 Å². The van der Waals surface area contributed by atoms with Gasteiger partial charge in [-0.25, -0.2) is 0 Å². The maximum atomic E-state index is 6.14. The molecule has 0 radical (unpaired) electrons. The highest BCUT2D eigenvalue weighted by Gasteiger charge is 2.25. The van der Waals surface area contributed by atoms with Crippen LogP contribution in [0.2, 0.25) is 0 Å². The van der Waals surface area contributed by atoms with E-state index in [4.69, 9.17) is 15.2 Å². The van der Waals surface area contributed by atoms with Crippen molar-refractivity contribution in [2.75, 3.05) is 20.3 Å². The second-order valence-corrected chi connectivity index (χ2v) is 5.75. The smallest absolute Gasteiger partial charge is 0.0772 e. The van der Waals surface area contributed by atoms with Crippen molar-refractivity contribution in [2.24, 2.45) is 11.7 Å². The van der Waals surface area contributed by atoms with E-state index in [0.717, 1.165) is 25.6 Å². The Balaban J connectivity index is 2.07. The average Bonchev–Trinajstić information content (AvgIpc) is 2.35. The molecule has 0 bridgehead atoms. The summed E-state index contributed by atoms with van der Waals surface area (Å²) < 4.78 is 10.8. The van der Waals surface area contributed by atoms with Gasteiger partial charge < -0.3 is 15.2 Å². The van der Waals surface area contributed by atoms with Gasteiger partial charge in [0.1, 0.15) is 0 Å². The number of hydrogen-bond donors (Lipinski definition) is 1. The van der Waals surface area contributed by atoms with Crippen LogP contribution in [0.1, 0.15) is 52.4 Å². The van der Waals surface area contributed by atoms with E-state index in [9.17, 15) is 0 Å². The second-order valence-electron chi connectivity index (χ2n) is 5.75. The van der Waals surface area contributed by atoms with Crippen molar-refractivity contribution in [1.82, 2.24) is 0 Å². The molecule has 1 unspecified atom stereocenters. The number of hydrogen-bond acceptors (Lipinski definition) is 3. The summed E-state index contributed by atoms with van der Waals surface area (Å²) in [7, 11) is 1.74. The molecule has 1 aliphatic rings. The van der Waals surface area contributed by atoms with E-state index in [1.54, 1.807) is 7.11 Å². The third-order valence-corrected chi connectivity index (χ3v) is 4.14.